The Morgan fingerprint density at radius 2 is 1.90 bits per heavy atom. The third-order valence-corrected chi connectivity index (χ3v) is 4.74. The lowest BCUT2D eigenvalue weighted by molar-refractivity contribution is -0.149. The minimum atomic E-state index is -0.769. The van der Waals surface area contributed by atoms with Gasteiger partial charge in [-0.1, -0.05) is 13.8 Å². The van der Waals surface area contributed by atoms with Crippen LogP contribution < -0.4 is 0 Å². The minimum Gasteiger partial charge on any atom is -0.459 e. The third kappa shape index (κ3) is 2.42. The first-order valence-electron chi connectivity index (χ1n) is 7.15. The number of methoxy groups -OCH3 is 1. The van der Waals surface area contributed by atoms with E-state index in [0.29, 0.717) is 0 Å². The number of esters is 2. The molecule has 0 bridgehead atoms. The molecule has 2 aliphatic rings. The van der Waals surface area contributed by atoms with Crippen molar-refractivity contribution in [2.24, 2.45) is 5.41 Å². The van der Waals surface area contributed by atoms with E-state index in [0.717, 1.165) is 19.3 Å². The molecule has 3 atom stereocenters. The monoisotopic (exact) mass is 294 g/mol. The summed E-state index contributed by atoms with van der Waals surface area (Å²) in [4.78, 5) is 22.7. The molecule has 0 aromatic rings. The standard InChI is InChI=1S/C16H22O5/c1-11(17)20-12(7-8-13(18)19-5)16-14(2,3)9-6-10-15(16,4)21-16/h12H,6,9-10H2,1-5H3/t12-,15+,16-/m1/s1. The SMILES string of the molecule is COC(=O)C#C[C@@H](OC(C)=O)[C@]12O[C@@]1(C)CCCC2(C)C. The highest BCUT2D eigenvalue weighted by Gasteiger charge is 2.78. The Kier molecular flexibility index (Phi) is 3.79. The van der Waals surface area contributed by atoms with Gasteiger partial charge in [-0.2, -0.15) is 0 Å². The molecular formula is C16H22O5. The first-order valence-corrected chi connectivity index (χ1v) is 7.15. The van der Waals surface area contributed by atoms with Crippen LogP contribution in [0.2, 0.25) is 0 Å². The quantitative estimate of drug-likeness (QED) is 0.336. The summed E-state index contributed by atoms with van der Waals surface area (Å²) in [5, 5.41) is 0. The van der Waals surface area contributed by atoms with Crippen LogP contribution in [0.3, 0.4) is 0 Å². The Bertz CT molecular complexity index is 527. The molecule has 0 amide bonds. The lowest BCUT2D eigenvalue weighted by Gasteiger charge is -2.40. The van der Waals surface area contributed by atoms with Crippen LogP contribution in [0.5, 0.6) is 0 Å². The Balaban J connectivity index is 2.37. The van der Waals surface area contributed by atoms with Crippen LogP contribution >= 0.6 is 0 Å². The van der Waals surface area contributed by atoms with Crippen LogP contribution in [-0.2, 0) is 23.8 Å². The number of epoxide rings is 1. The zero-order valence-electron chi connectivity index (χ0n) is 13.2. The Labute approximate surface area is 125 Å². The molecule has 21 heavy (non-hydrogen) atoms. The van der Waals surface area contributed by atoms with Gasteiger partial charge in [-0.3, -0.25) is 4.79 Å². The summed E-state index contributed by atoms with van der Waals surface area (Å²) in [5.74, 6) is 4.03. The fourth-order valence-corrected chi connectivity index (χ4v) is 3.72. The topological polar surface area (TPSA) is 65.1 Å². The lowest BCUT2D eigenvalue weighted by atomic mass is 9.62. The lowest BCUT2D eigenvalue weighted by Crippen LogP contribution is -2.51. The third-order valence-electron chi connectivity index (χ3n) is 4.74. The zero-order chi connectivity index (χ0) is 15.9. The van der Waals surface area contributed by atoms with E-state index in [1.54, 1.807) is 0 Å². The van der Waals surface area contributed by atoms with Gasteiger partial charge in [0.1, 0.15) is 5.60 Å². The van der Waals surface area contributed by atoms with Gasteiger partial charge in [0.2, 0.25) is 0 Å². The second kappa shape index (κ2) is 5.03. The van der Waals surface area contributed by atoms with E-state index in [-0.39, 0.29) is 11.0 Å². The van der Waals surface area contributed by atoms with E-state index < -0.39 is 23.6 Å². The average Bonchev–Trinajstić information content (AvgIpc) is 3.02. The maximum atomic E-state index is 11.4. The Hall–Kier alpha value is -1.54. The van der Waals surface area contributed by atoms with E-state index in [2.05, 4.69) is 30.4 Å². The van der Waals surface area contributed by atoms with Crippen LogP contribution in [0.4, 0.5) is 0 Å². The summed E-state index contributed by atoms with van der Waals surface area (Å²) < 4.78 is 16.0. The highest BCUT2D eigenvalue weighted by Crippen LogP contribution is 2.67. The van der Waals surface area contributed by atoms with Gasteiger partial charge < -0.3 is 14.2 Å². The van der Waals surface area contributed by atoms with Gasteiger partial charge in [-0.05, 0) is 32.1 Å². The average molecular weight is 294 g/mol. The van der Waals surface area contributed by atoms with Crippen molar-refractivity contribution in [3.05, 3.63) is 0 Å². The number of ether oxygens (including phenoxy) is 3. The van der Waals surface area contributed by atoms with Gasteiger partial charge in [-0.25, -0.2) is 4.79 Å². The zero-order valence-corrected chi connectivity index (χ0v) is 13.2. The molecule has 0 radical (unpaired) electrons. The molecule has 0 aromatic carbocycles. The Morgan fingerprint density at radius 3 is 2.43 bits per heavy atom. The predicted octanol–water partition coefficient (Wildman–Crippen LogP) is 1.83. The molecule has 1 aliphatic carbocycles. The van der Waals surface area contributed by atoms with Gasteiger partial charge in [0.25, 0.3) is 0 Å². The maximum absolute atomic E-state index is 11.4. The van der Waals surface area contributed by atoms with Crippen molar-refractivity contribution in [3.63, 3.8) is 0 Å². The van der Waals surface area contributed by atoms with Crippen molar-refractivity contribution in [2.45, 2.75) is 64.3 Å². The molecule has 1 heterocycles. The number of fused-ring (bicyclic) bond motifs is 1. The molecule has 2 fully saturated rings. The van der Waals surface area contributed by atoms with Crippen molar-refractivity contribution >= 4 is 11.9 Å². The molecule has 0 aromatic heterocycles. The van der Waals surface area contributed by atoms with E-state index >= 15 is 0 Å². The smallest absolute Gasteiger partial charge is 0.384 e. The number of hydrogen-bond donors (Lipinski definition) is 0. The summed E-state index contributed by atoms with van der Waals surface area (Å²) in [5.41, 5.74) is -1.21. The van der Waals surface area contributed by atoms with Gasteiger partial charge in [0.15, 0.2) is 11.7 Å². The summed E-state index contributed by atoms with van der Waals surface area (Å²) in [6.07, 6.45) is 2.14. The van der Waals surface area contributed by atoms with Crippen LogP contribution in [0.15, 0.2) is 0 Å². The molecule has 0 unspecified atom stereocenters. The van der Waals surface area contributed by atoms with Gasteiger partial charge in [0.05, 0.1) is 7.11 Å². The second-order valence-corrected chi connectivity index (χ2v) is 6.56. The predicted molar refractivity (Wildman–Crippen MR) is 75.2 cm³/mol. The van der Waals surface area contributed by atoms with Crippen LogP contribution in [0, 0.1) is 17.3 Å². The summed E-state index contributed by atoms with van der Waals surface area (Å²) in [7, 11) is 1.26. The molecule has 0 spiro atoms. The Morgan fingerprint density at radius 1 is 1.24 bits per heavy atom. The summed E-state index contributed by atoms with van der Waals surface area (Å²) >= 11 is 0. The number of carbonyl (C=O) groups excluding carboxylic acids is 2. The van der Waals surface area contributed by atoms with Crippen LogP contribution in [-0.4, -0.2) is 36.4 Å². The highest BCUT2D eigenvalue weighted by atomic mass is 16.7. The molecule has 2 rings (SSSR count). The first-order chi connectivity index (χ1) is 9.68. The molecular weight excluding hydrogens is 272 g/mol. The van der Waals surface area contributed by atoms with Gasteiger partial charge >= 0.3 is 11.9 Å². The second-order valence-electron chi connectivity index (χ2n) is 6.56. The largest absolute Gasteiger partial charge is 0.459 e. The first kappa shape index (κ1) is 15.8. The van der Waals surface area contributed by atoms with Crippen molar-refractivity contribution in [2.75, 3.05) is 7.11 Å². The van der Waals surface area contributed by atoms with E-state index in [1.165, 1.54) is 14.0 Å². The maximum Gasteiger partial charge on any atom is 0.384 e. The summed E-state index contributed by atoms with van der Waals surface area (Å²) in [6.45, 7) is 7.53. The highest BCUT2D eigenvalue weighted by molar-refractivity contribution is 5.88. The van der Waals surface area contributed by atoms with Gasteiger partial charge in [0, 0.05) is 18.3 Å². The molecule has 5 nitrogen and oxygen atoms in total. The normalized spacial score (nSPS) is 33.8. The van der Waals surface area contributed by atoms with Gasteiger partial charge in [-0.15, -0.1) is 0 Å². The molecule has 0 N–H and O–H groups in total. The fourth-order valence-electron chi connectivity index (χ4n) is 3.72. The van der Waals surface area contributed by atoms with Crippen LogP contribution in [0.25, 0.3) is 0 Å². The minimum absolute atomic E-state index is 0.190. The molecule has 1 saturated heterocycles. The molecule has 116 valence electrons. The number of hydrogen-bond acceptors (Lipinski definition) is 5. The van der Waals surface area contributed by atoms with Crippen molar-refractivity contribution in [3.8, 4) is 11.8 Å². The van der Waals surface area contributed by atoms with Crippen molar-refractivity contribution < 1.29 is 23.8 Å². The summed E-state index contributed by atoms with van der Waals surface area (Å²) in [6, 6.07) is 0. The number of rotatable bonds is 2. The van der Waals surface area contributed by atoms with Crippen molar-refractivity contribution in [1.82, 2.24) is 0 Å². The van der Waals surface area contributed by atoms with E-state index in [1.807, 2.05) is 6.92 Å². The van der Waals surface area contributed by atoms with Crippen molar-refractivity contribution in [1.29, 1.82) is 0 Å². The molecule has 5 heteroatoms. The fraction of sp³-hybridized carbons (Fsp3) is 0.750. The molecule has 1 saturated carbocycles. The van der Waals surface area contributed by atoms with E-state index in [9.17, 15) is 9.59 Å². The number of carbonyl (C=O) groups is 2. The molecule has 1 aliphatic heterocycles. The van der Waals surface area contributed by atoms with Crippen LogP contribution in [0.1, 0.15) is 47.0 Å². The van der Waals surface area contributed by atoms with E-state index in [4.69, 9.17) is 9.47 Å².